The Labute approximate surface area is 168 Å². The van der Waals surface area contributed by atoms with Crippen LogP contribution in [0.3, 0.4) is 0 Å². The molecule has 0 unspecified atom stereocenters. The second kappa shape index (κ2) is 7.73. The third-order valence-corrected chi connectivity index (χ3v) is 5.91. The molecule has 3 atom stereocenters. The molecule has 2 amide bonds. The predicted molar refractivity (Wildman–Crippen MR) is 108 cm³/mol. The third kappa shape index (κ3) is 3.87. The van der Waals surface area contributed by atoms with Crippen LogP contribution in [0.4, 0.5) is 0 Å². The van der Waals surface area contributed by atoms with Gasteiger partial charge in [0.1, 0.15) is 5.69 Å². The van der Waals surface area contributed by atoms with E-state index in [0.29, 0.717) is 23.7 Å². The van der Waals surface area contributed by atoms with Crippen LogP contribution in [-0.2, 0) is 9.53 Å². The topological polar surface area (TPSA) is 77.7 Å². The van der Waals surface area contributed by atoms with Gasteiger partial charge in [0, 0.05) is 55.2 Å². The smallest absolute Gasteiger partial charge is 0.267 e. The molecule has 1 aromatic carbocycles. The van der Waals surface area contributed by atoms with Crippen LogP contribution in [0, 0.1) is 0 Å². The lowest BCUT2D eigenvalue weighted by atomic mass is 10.1. The first-order valence-corrected chi connectivity index (χ1v) is 9.92. The standard InChI is InChI=1S/C20H25ClN4O3/c1-24(2)19(26)7-14-10-25-9-12(6-13(25)11-28-14)22-20(27)18-8-15-16(21)4-3-5-17(15)23-18/h3-5,8,12-14,23H,6-7,9-11H2,1-2H3,(H,22,27)/t12-,13+,14+/m1/s1. The van der Waals surface area contributed by atoms with Crippen LogP contribution in [0.25, 0.3) is 10.9 Å². The van der Waals surface area contributed by atoms with E-state index in [1.165, 1.54) is 0 Å². The number of aromatic nitrogens is 1. The number of H-pyrrole nitrogens is 1. The third-order valence-electron chi connectivity index (χ3n) is 5.58. The minimum absolute atomic E-state index is 0.0614. The number of rotatable bonds is 4. The molecule has 1 aromatic heterocycles. The fraction of sp³-hybridized carbons (Fsp3) is 0.500. The van der Waals surface area contributed by atoms with E-state index in [9.17, 15) is 9.59 Å². The van der Waals surface area contributed by atoms with Gasteiger partial charge < -0.3 is 19.9 Å². The molecule has 0 bridgehead atoms. The number of aromatic amines is 1. The quantitative estimate of drug-likeness (QED) is 0.815. The summed E-state index contributed by atoms with van der Waals surface area (Å²) in [6, 6.07) is 7.71. The molecule has 2 aliphatic heterocycles. The Kier molecular flexibility index (Phi) is 5.31. The second-order valence-electron chi connectivity index (χ2n) is 7.85. The Hall–Kier alpha value is -2.09. The largest absolute Gasteiger partial charge is 0.375 e. The zero-order valence-corrected chi connectivity index (χ0v) is 16.8. The maximum Gasteiger partial charge on any atom is 0.267 e. The minimum Gasteiger partial charge on any atom is -0.375 e. The van der Waals surface area contributed by atoms with Gasteiger partial charge in [-0.1, -0.05) is 17.7 Å². The van der Waals surface area contributed by atoms with Crippen molar-refractivity contribution in [2.24, 2.45) is 0 Å². The Morgan fingerprint density at radius 2 is 2.18 bits per heavy atom. The van der Waals surface area contributed by atoms with Gasteiger partial charge in [0.2, 0.25) is 5.91 Å². The van der Waals surface area contributed by atoms with E-state index in [1.54, 1.807) is 25.1 Å². The Morgan fingerprint density at radius 3 is 2.93 bits per heavy atom. The molecular weight excluding hydrogens is 380 g/mol. The predicted octanol–water partition coefficient (Wildman–Crippen LogP) is 1.87. The lowest BCUT2D eigenvalue weighted by molar-refractivity contribution is -0.134. The van der Waals surface area contributed by atoms with Gasteiger partial charge in [-0.15, -0.1) is 0 Å². The van der Waals surface area contributed by atoms with Crippen molar-refractivity contribution in [1.29, 1.82) is 0 Å². The maximum atomic E-state index is 12.7. The molecule has 2 aromatic rings. The molecule has 0 radical (unpaired) electrons. The van der Waals surface area contributed by atoms with E-state index in [1.807, 2.05) is 18.2 Å². The summed E-state index contributed by atoms with van der Waals surface area (Å²) >= 11 is 6.20. The van der Waals surface area contributed by atoms with Crippen LogP contribution in [0.2, 0.25) is 5.02 Å². The molecule has 2 aliphatic rings. The summed E-state index contributed by atoms with van der Waals surface area (Å²) in [5.74, 6) is -0.0534. The van der Waals surface area contributed by atoms with Gasteiger partial charge in [0.15, 0.2) is 0 Å². The Morgan fingerprint density at radius 1 is 1.36 bits per heavy atom. The molecule has 7 nitrogen and oxygen atoms in total. The monoisotopic (exact) mass is 404 g/mol. The second-order valence-corrected chi connectivity index (χ2v) is 8.25. The molecule has 150 valence electrons. The molecular formula is C20H25ClN4O3. The zero-order valence-electron chi connectivity index (χ0n) is 16.1. The number of morpholine rings is 1. The van der Waals surface area contributed by atoms with Crippen molar-refractivity contribution in [2.75, 3.05) is 33.8 Å². The van der Waals surface area contributed by atoms with E-state index in [2.05, 4.69) is 15.2 Å². The highest BCUT2D eigenvalue weighted by atomic mass is 35.5. The number of ether oxygens (including phenoxy) is 1. The van der Waals surface area contributed by atoms with Crippen molar-refractivity contribution in [2.45, 2.75) is 31.0 Å². The highest BCUT2D eigenvalue weighted by Crippen LogP contribution is 2.26. The minimum atomic E-state index is -0.127. The van der Waals surface area contributed by atoms with Crippen LogP contribution in [-0.4, -0.2) is 78.6 Å². The first kappa shape index (κ1) is 19.2. The molecule has 8 heteroatoms. The van der Waals surface area contributed by atoms with E-state index >= 15 is 0 Å². The average Bonchev–Trinajstić information content (AvgIpc) is 3.25. The number of fused-ring (bicyclic) bond motifs is 2. The number of amides is 2. The summed E-state index contributed by atoms with van der Waals surface area (Å²) in [5.41, 5.74) is 1.36. The summed E-state index contributed by atoms with van der Waals surface area (Å²) in [7, 11) is 3.51. The Bertz CT molecular complexity index is 897. The van der Waals surface area contributed by atoms with Crippen molar-refractivity contribution in [3.63, 3.8) is 0 Å². The number of halogens is 1. The van der Waals surface area contributed by atoms with Gasteiger partial charge in [-0.2, -0.15) is 0 Å². The number of benzene rings is 1. The van der Waals surface area contributed by atoms with Gasteiger partial charge in [-0.25, -0.2) is 0 Å². The van der Waals surface area contributed by atoms with Crippen molar-refractivity contribution in [3.05, 3.63) is 35.0 Å². The van der Waals surface area contributed by atoms with E-state index < -0.39 is 0 Å². The summed E-state index contributed by atoms with van der Waals surface area (Å²) in [4.78, 5) is 31.7. The number of hydrogen-bond donors (Lipinski definition) is 2. The number of hydrogen-bond acceptors (Lipinski definition) is 4. The molecule has 0 spiro atoms. The van der Waals surface area contributed by atoms with E-state index in [-0.39, 0.29) is 30.0 Å². The van der Waals surface area contributed by atoms with Crippen molar-refractivity contribution >= 4 is 34.3 Å². The number of nitrogens with zero attached hydrogens (tertiary/aromatic N) is 2. The molecule has 28 heavy (non-hydrogen) atoms. The highest BCUT2D eigenvalue weighted by molar-refractivity contribution is 6.35. The fourth-order valence-electron chi connectivity index (χ4n) is 4.05. The Balaban J connectivity index is 1.36. The molecule has 0 saturated carbocycles. The first-order chi connectivity index (χ1) is 13.4. The number of nitrogens with one attached hydrogen (secondary N) is 2. The van der Waals surface area contributed by atoms with Gasteiger partial charge in [0.25, 0.3) is 5.91 Å². The van der Waals surface area contributed by atoms with Gasteiger partial charge >= 0.3 is 0 Å². The average molecular weight is 405 g/mol. The van der Waals surface area contributed by atoms with Crippen molar-refractivity contribution in [3.8, 4) is 0 Å². The van der Waals surface area contributed by atoms with Gasteiger partial charge in [-0.3, -0.25) is 14.5 Å². The normalized spacial score (nSPS) is 24.9. The molecule has 0 aliphatic carbocycles. The summed E-state index contributed by atoms with van der Waals surface area (Å²) < 4.78 is 5.88. The molecule has 4 rings (SSSR count). The molecule has 2 saturated heterocycles. The lowest BCUT2D eigenvalue weighted by Crippen LogP contribution is -2.47. The van der Waals surface area contributed by atoms with Crippen molar-refractivity contribution in [1.82, 2.24) is 20.1 Å². The molecule has 2 fully saturated rings. The SMILES string of the molecule is CN(C)C(=O)C[C@H]1CN2C[C@H](NC(=O)c3cc4c(Cl)cccc4[nH]3)C[C@H]2CO1. The summed E-state index contributed by atoms with van der Waals surface area (Å²) in [5, 5.41) is 4.59. The molecule has 3 heterocycles. The van der Waals surface area contributed by atoms with Crippen LogP contribution >= 0.6 is 11.6 Å². The van der Waals surface area contributed by atoms with Crippen LogP contribution in [0.5, 0.6) is 0 Å². The highest BCUT2D eigenvalue weighted by Gasteiger charge is 2.38. The van der Waals surface area contributed by atoms with E-state index in [4.69, 9.17) is 16.3 Å². The molecule has 2 N–H and O–H groups in total. The summed E-state index contributed by atoms with van der Waals surface area (Å²) in [6.45, 7) is 2.09. The first-order valence-electron chi connectivity index (χ1n) is 9.54. The van der Waals surface area contributed by atoms with Gasteiger partial charge in [0.05, 0.1) is 19.1 Å². The van der Waals surface area contributed by atoms with Crippen LogP contribution in [0.1, 0.15) is 23.3 Å². The lowest BCUT2D eigenvalue weighted by Gasteiger charge is -2.35. The number of carbonyl (C=O) groups is 2. The fourth-order valence-corrected chi connectivity index (χ4v) is 4.28. The maximum absolute atomic E-state index is 12.7. The van der Waals surface area contributed by atoms with Crippen LogP contribution < -0.4 is 5.32 Å². The summed E-state index contributed by atoms with van der Waals surface area (Å²) in [6.07, 6.45) is 1.15. The van der Waals surface area contributed by atoms with Crippen molar-refractivity contribution < 1.29 is 14.3 Å². The van der Waals surface area contributed by atoms with Gasteiger partial charge in [-0.05, 0) is 24.6 Å². The number of carbonyl (C=O) groups excluding carboxylic acids is 2. The zero-order chi connectivity index (χ0) is 19.8. The van der Waals surface area contributed by atoms with E-state index in [0.717, 1.165) is 30.4 Å². The van der Waals surface area contributed by atoms with Crippen LogP contribution in [0.15, 0.2) is 24.3 Å².